The largest absolute Gasteiger partial charge is 0.507 e. The maximum atomic E-state index is 14.8. The number of carboxylic acids is 1. The van der Waals surface area contributed by atoms with Crippen LogP contribution in [0.3, 0.4) is 0 Å². The van der Waals surface area contributed by atoms with Gasteiger partial charge in [-0.15, -0.1) is 0 Å². The molecule has 0 heterocycles. The Hall–Kier alpha value is -4.97. The second-order valence-electron chi connectivity index (χ2n) is 9.04. The van der Waals surface area contributed by atoms with Crippen molar-refractivity contribution in [2.45, 2.75) is 12.5 Å². The van der Waals surface area contributed by atoms with Crippen molar-refractivity contribution in [3.8, 4) is 28.0 Å². The summed E-state index contributed by atoms with van der Waals surface area (Å²) in [6.07, 6.45) is 0.0387. The van der Waals surface area contributed by atoms with Gasteiger partial charge in [-0.1, -0.05) is 91.0 Å². The van der Waals surface area contributed by atoms with Gasteiger partial charge in [0.1, 0.15) is 17.6 Å². The van der Waals surface area contributed by atoms with Crippen LogP contribution < -0.4 is 5.32 Å². The van der Waals surface area contributed by atoms with Crippen LogP contribution in [0.15, 0.2) is 109 Å². The first kappa shape index (κ1) is 24.7. The van der Waals surface area contributed by atoms with Gasteiger partial charge in [0.05, 0.1) is 5.56 Å². The number of halogens is 1. The molecule has 5 rings (SSSR count). The normalized spacial score (nSPS) is 11.7. The van der Waals surface area contributed by atoms with E-state index in [4.69, 9.17) is 0 Å². The molecule has 0 unspecified atom stereocenters. The summed E-state index contributed by atoms with van der Waals surface area (Å²) in [5.41, 5.74) is 3.49. The molecule has 5 aromatic rings. The predicted molar refractivity (Wildman–Crippen MR) is 145 cm³/mol. The first-order chi connectivity index (χ1) is 18.4. The van der Waals surface area contributed by atoms with Gasteiger partial charge in [0.2, 0.25) is 0 Å². The van der Waals surface area contributed by atoms with Crippen LogP contribution in [0.5, 0.6) is 5.75 Å². The van der Waals surface area contributed by atoms with Crippen LogP contribution in [-0.2, 0) is 11.2 Å². The SMILES string of the molecule is O=C(N[C@@H](Cc1ccc(-c2ccc(-c3ccccc3)c(F)c2)cc1)C(=O)O)c1cc2ccccc2cc1O. The Balaban J connectivity index is 1.31. The Kier molecular flexibility index (Phi) is 6.87. The molecule has 0 aliphatic carbocycles. The number of aromatic hydroxyl groups is 1. The Bertz CT molecular complexity index is 1630. The molecule has 38 heavy (non-hydrogen) atoms. The highest BCUT2D eigenvalue weighted by atomic mass is 19.1. The number of carbonyl (C=O) groups excluding carboxylic acids is 1. The summed E-state index contributed by atoms with van der Waals surface area (Å²) in [4.78, 5) is 24.8. The van der Waals surface area contributed by atoms with Gasteiger partial charge in [0.25, 0.3) is 5.91 Å². The molecular weight excluding hydrogens is 481 g/mol. The summed E-state index contributed by atoms with van der Waals surface area (Å²) in [6.45, 7) is 0. The van der Waals surface area contributed by atoms with E-state index in [0.717, 1.165) is 21.9 Å². The molecule has 0 aliphatic rings. The number of phenols is 1. The van der Waals surface area contributed by atoms with Crippen LogP contribution in [0.1, 0.15) is 15.9 Å². The maximum Gasteiger partial charge on any atom is 0.326 e. The van der Waals surface area contributed by atoms with E-state index in [9.17, 15) is 24.2 Å². The number of fused-ring (bicyclic) bond motifs is 1. The van der Waals surface area contributed by atoms with Gasteiger partial charge in [-0.25, -0.2) is 9.18 Å². The zero-order valence-corrected chi connectivity index (χ0v) is 20.3. The van der Waals surface area contributed by atoms with Gasteiger partial charge in [-0.2, -0.15) is 0 Å². The van der Waals surface area contributed by atoms with E-state index in [0.29, 0.717) is 16.7 Å². The fraction of sp³-hybridized carbons (Fsp3) is 0.0625. The van der Waals surface area contributed by atoms with Crippen molar-refractivity contribution in [3.63, 3.8) is 0 Å². The van der Waals surface area contributed by atoms with Crippen molar-refractivity contribution >= 4 is 22.6 Å². The molecule has 0 spiro atoms. The van der Waals surface area contributed by atoms with Crippen molar-refractivity contribution in [2.24, 2.45) is 0 Å². The Labute approximate surface area is 218 Å². The molecule has 1 atom stereocenters. The van der Waals surface area contributed by atoms with Crippen LogP contribution in [0.4, 0.5) is 4.39 Å². The second kappa shape index (κ2) is 10.6. The second-order valence-corrected chi connectivity index (χ2v) is 9.04. The lowest BCUT2D eigenvalue weighted by molar-refractivity contribution is -0.139. The third kappa shape index (κ3) is 5.25. The van der Waals surface area contributed by atoms with Crippen molar-refractivity contribution in [3.05, 3.63) is 126 Å². The van der Waals surface area contributed by atoms with E-state index in [-0.39, 0.29) is 23.6 Å². The highest BCUT2D eigenvalue weighted by Crippen LogP contribution is 2.29. The molecule has 0 bridgehead atoms. The lowest BCUT2D eigenvalue weighted by atomic mass is 9.97. The monoisotopic (exact) mass is 505 g/mol. The summed E-state index contributed by atoms with van der Waals surface area (Å²) in [7, 11) is 0. The smallest absolute Gasteiger partial charge is 0.326 e. The van der Waals surface area contributed by atoms with E-state index >= 15 is 0 Å². The third-order valence-corrected chi connectivity index (χ3v) is 6.49. The van der Waals surface area contributed by atoms with Crippen LogP contribution in [0.2, 0.25) is 0 Å². The molecule has 188 valence electrons. The number of nitrogens with one attached hydrogen (secondary N) is 1. The molecular formula is C32H24FNO4. The molecule has 3 N–H and O–H groups in total. The molecule has 6 heteroatoms. The molecule has 1 amide bonds. The summed E-state index contributed by atoms with van der Waals surface area (Å²) >= 11 is 0. The maximum absolute atomic E-state index is 14.8. The summed E-state index contributed by atoms with van der Waals surface area (Å²) < 4.78 is 14.8. The van der Waals surface area contributed by atoms with Crippen molar-refractivity contribution in [1.29, 1.82) is 0 Å². The zero-order valence-electron chi connectivity index (χ0n) is 20.3. The molecule has 5 nitrogen and oxygen atoms in total. The number of carbonyl (C=O) groups is 2. The minimum absolute atomic E-state index is 0.00581. The number of carboxylic acid groups (broad SMARTS) is 1. The number of benzene rings is 5. The van der Waals surface area contributed by atoms with Gasteiger partial charge in [-0.05, 0) is 51.2 Å². The number of phenolic OH excluding ortho intramolecular Hbond substituents is 1. The van der Waals surface area contributed by atoms with Gasteiger partial charge >= 0.3 is 5.97 Å². The average Bonchev–Trinajstić information content (AvgIpc) is 2.93. The highest BCUT2D eigenvalue weighted by molar-refractivity contribution is 6.02. The average molecular weight is 506 g/mol. The van der Waals surface area contributed by atoms with Crippen LogP contribution in [0, 0.1) is 5.82 Å². The van der Waals surface area contributed by atoms with Crippen LogP contribution >= 0.6 is 0 Å². The van der Waals surface area contributed by atoms with Crippen LogP contribution in [-0.4, -0.2) is 28.1 Å². The van der Waals surface area contributed by atoms with Gasteiger partial charge in [0.15, 0.2) is 0 Å². The molecule has 5 aromatic carbocycles. The highest BCUT2D eigenvalue weighted by Gasteiger charge is 2.23. The number of aliphatic carboxylic acids is 1. The number of rotatable bonds is 7. The van der Waals surface area contributed by atoms with E-state index in [1.165, 1.54) is 18.2 Å². The van der Waals surface area contributed by atoms with Gasteiger partial charge < -0.3 is 15.5 Å². The fourth-order valence-corrected chi connectivity index (χ4v) is 4.46. The van der Waals surface area contributed by atoms with Crippen molar-refractivity contribution in [1.82, 2.24) is 5.32 Å². The van der Waals surface area contributed by atoms with Crippen LogP contribution in [0.25, 0.3) is 33.0 Å². The standard InChI is InChI=1S/C32H24FNO4/c33-28-18-25(14-15-26(28)22-6-2-1-3-7-22)21-12-10-20(11-13-21)16-29(32(37)38)34-31(36)27-17-23-8-4-5-9-24(23)19-30(27)35/h1-15,17-19,29,35H,16H2,(H,34,36)(H,37,38)/t29-/m0/s1. The Morgan fingerprint density at radius 3 is 2.03 bits per heavy atom. The first-order valence-corrected chi connectivity index (χ1v) is 12.1. The Morgan fingerprint density at radius 1 is 0.737 bits per heavy atom. The first-order valence-electron chi connectivity index (χ1n) is 12.1. The van der Waals surface area contributed by atoms with Gasteiger partial charge in [-0.3, -0.25) is 4.79 Å². The zero-order chi connectivity index (χ0) is 26.6. The topological polar surface area (TPSA) is 86.6 Å². The van der Waals surface area contributed by atoms with E-state index < -0.39 is 17.9 Å². The molecule has 0 radical (unpaired) electrons. The fourth-order valence-electron chi connectivity index (χ4n) is 4.46. The summed E-state index contributed by atoms with van der Waals surface area (Å²) in [5, 5.41) is 24.1. The Morgan fingerprint density at radius 2 is 1.37 bits per heavy atom. The minimum atomic E-state index is -1.21. The lowest BCUT2D eigenvalue weighted by Gasteiger charge is -2.16. The lowest BCUT2D eigenvalue weighted by Crippen LogP contribution is -2.42. The third-order valence-electron chi connectivity index (χ3n) is 6.49. The molecule has 0 aliphatic heterocycles. The quantitative estimate of drug-likeness (QED) is 0.237. The molecule has 0 fully saturated rings. The predicted octanol–water partition coefficient (Wildman–Crippen LogP) is 6.44. The van der Waals surface area contributed by atoms with Crippen molar-refractivity contribution < 1.29 is 24.2 Å². The summed E-state index contributed by atoms with van der Waals surface area (Å²) in [5.74, 6) is -2.42. The number of amides is 1. The van der Waals surface area contributed by atoms with E-state index in [2.05, 4.69) is 5.32 Å². The molecule has 0 saturated carbocycles. The number of hydrogen-bond donors (Lipinski definition) is 3. The molecule has 0 saturated heterocycles. The summed E-state index contributed by atoms with van der Waals surface area (Å²) in [6, 6.07) is 30.5. The minimum Gasteiger partial charge on any atom is -0.507 e. The van der Waals surface area contributed by atoms with E-state index in [1.807, 2.05) is 60.7 Å². The number of hydrogen-bond acceptors (Lipinski definition) is 3. The van der Waals surface area contributed by atoms with Crippen molar-refractivity contribution in [2.75, 3.05) is 0 Å². The van der Waals surface area contributed by atoms with Gasteiger partial charge in [0, 0.05) is 12.0 Å². The van der Waals surface area contributed by atoms with E-state index in [1.54, 1.807) is 30.3 Å². The molecule has 0 aromatic heterocycles.